The van der Waals surface area contributed by atoms with Crippen molar-refractivity contribution in [2.75, 3.05) is 24.5 Å². The van der Waals surface area contributed by atoms with Crippen molar-refractivity contribution in [2.45, 2.75) is 12.5 Å². The third-order valence-corrected chi connectivity index (χ3v) is 3.73. The first-order chi connectivity index (χ1) is 11.0. The maximum atomic E-state index is 14.3. The molecule has 0 saturated carbocycles. The lowest BCUT2D eigenvalue weighted by atomic mass is 10.0. The van der Waals surface area contributed by atoms with E-state index in [1.54, 1.807) is 17.0 Å². The molecule has 2 amide bonds. The fourth-order valence-electron chi connectivity index (χ4n) is 2.61. The lowest BCUT2D eigenvalue weighted by molar-refractivity contribution is -0.120. The number of primary amides is 1. The molecule has 2 aliphatic heterocycles. The lowest BCUT2D eigenvalue weighted by Gasteiger charge is -2.29. The van der Waals surface area contributed by atoms with Crippen LogP contribution in [-0.4, -0.2) is 43.2 Å². The highest BCUT2D eigenvalue weighted by Gasteiger charge is 2.26. The molecule has 0 bridgehead atoms. The predicted molar refractivity (Wildman–Crippen MR) is 80.6 cm³/mol. The zero-order valence-electron chi connectivity index (χ0n) is 12.2. The van der Waals surface area contributed by atoms with Gasteiger partial charge in [-0.15, -0.1) is 5.10 Å². The monoisotopic (exact) mass is 318 g/mol. The van der Waals surface area contributed by atoms with E-state index in [2.05, 4.69) is 20.8 Å². The molecule has 1 saturated heterocycles. The van der Waals surface area contributed by atoms with Gasteiger partial charge in [-0.05, 0) is 22.9 Å². The summed E-state index contributed by atoms with van der Waals surface area (Å²) in [6.07, 6.45) is 0.281. The summed E-state index contributed by atoms with van der Waals surface area (Å²) in [6, 6.07) is 4.14. The van der Waals surface area contributed by atoms with Crippen LogP contribution in [0.4, 0.5) is 10.1 Å². The number of anilines is 1. The fourth-order valence-corrected chi connectivity index (χ4v) is 2.61. The summed E-state index contributed by atoms with van der Waals surface area (Å²) in [5.41, 5.74) is 6.29. The van der Waals surface area contributed by atoms with Crippen molar-refractivity contribution >= 4 is 23.2 Å². The first-order valence-corrected chi connectivity index (χ1v) is 7.12. The van der Waals surface area contributed by atoms with Crippen molar-refractivity contribution in [1.82, 2.24) is 5.32 Å². The maximum Gasteiger partial charge on any atom is 0.267 e. The second-order valence-electron chi connectivity index (χ2n) is 5.33. The Morgan fingerprint density at radius 3 is 3.00 bits per heavy atom. The van der Waals surface area contributed by atoms with Crippen molar-refractivity contribution in [3.05, 3.63) is 29.6 Å². The number of nitrogens with two attached hydrogens (primary N) is 1. The molecule has 1 aromatic carbocycles. The minimum absolute atomic E-state index is 0.0715. The SMILES string of the molecule is NC(=O)C1=NN=NC1Cc1ccc(N2CCNC(=O)C2)c(F)c1. The average molecular weight is 318 g/mol. The van der Waals surface area contributed by atoms with Gasteiger partial charge in [0.05, 0.1) is 12.2 Å². The summed E-state index contributed by atoms with van der Waals surface area (Å²) in [4.78, 5) is 24.3. The van der Waals surface area contributed by atoms with Crippen LogP contribution >= 0.6 is 0 Å². The number of piperazine rings is 1. The number of hydrogen-bond donors (Lipinski definition) is 2. The molecule has 1 aromatic rings. The molecule has 1 unspecified atom stereocenters. The smallest absolute Gasteiger partial charge is 0.267 e. The highest BCUT2D eigenvalue weighted by atomic mass is 19.1. The van der Waals surface area contributed by atoms with Gasteiger partial charge in [-0.3, -0.25) is 9.59 Å². The van der Waals surface area contributed by atoms with Crippen molar-refractivity contribution in [1.29, 1.82) is 0 Å². The molecule has 9 heteroatoms. The number of carbonyl (C=O) groups excluding carboxylic acids is 2. The second kappa shape index (κ2) is 6.11. The standard InChI is InChI=1S/C14H15FN6O2/c15-9-5-8(6-10-13(14(16)23)19-20-18-10)1-2-11(9)21-4-3-17-12(22)7-21/h1-2,5,10H,3-4,6-7H2,(H2,16,23)(H,17,22). The van der Waals surface area contributed by atoms with Gasteiger partial charge in [0.2, 0.25) is 5.91 Å². The number of nitrogens with one attached hydrogen (secondary N) is 1. The molecule has 2 aliphatic rings. The quantitative estimate of drug-likeness (QED) is 0.813. The Balaban J connectivity index is 1.75. The van der Waals surface area contributed by atoms with Crippen LogP contribution in [0.1, 0.15) is 5.56 Å². The van der Waals surface area contributed by atoms with Crippen LogP contribution in [0.25, 0.3) is 0 Å². The van der Waals surface area contributed by atoms with Crippen LogP contribution in [-0.2, 0) is 16.0 Å². The van der Waals surface area contributed by atoms with Crippen LogP contribution in [0, 0.1) is 5.82 Å². The molecule has 8 nitrogen and oxygen atoms in total. The highest BCUT2D eigenvalue weighted by molar-refractivity contribution is 6.40. The minimum Gasteiger partial charge on any atom is -0.364 e. The predicted octanol–water partition coefficient (Wildman–Crippen LogP) is -0.0199. The summed E-state index contributed by atoms with van der Waals surface area (Å²) in [5.74, 6) is -1.24. The van der Waals surface area contributed by atoms with Gasteiger partial charge >= 0.3 is 0 Å². The number of rotatable bonds is 4. The van der Waals surface area contributed by atoms with Gasteiger partial charge in [0.15, 0.2) is 5.71 Å². The summed E-state index contributed by atoms with van der Waals surface area (Å²) < 4.78 is 14.3. The molecule has 0 aromatic heterocycles. The first-order valence-electron chi connectivity index (χ1n) is 7.12. The van der Waals surface area contributed by atoms with E-state index in [0.717, 1.165) is 0 Å². The maximum absolute atomic E-state index is 14.3. The Morgan fingerprint density at radius 2 is 2.30 bits per heavy atom. The number of amides is 2. The van der Waals surface area contributed by atoms with Crippen molar-refractivity contribution in [2.24, 2.45) is 21.2 Å². The van der Waals surface area contributed by atoms with E-state index in [9.17, 15) is 14.0 Å². The molecule has 120 valence electrons. The Hall–Kier alpha value is -2.84. The van der Waals surface area contributed by atoms with Crippen LogP contribution < -0.4 is 16.0 Å². The van der Waals surface area contributed by atoms with Crippen LogP contribution in [0.15, 0.2) is 33.6 Å². The number of nitrogens with zero attached hydrogens (tertiary/aromatic N) is 4. The molecule has 0 spiro atoms. The fraction of sp³-hybridized carbons (Fsp3) is 0.357. The molecule has 1 fully saturated rings. The molecule has 23 heavy (non-hydrogen) atoms. The van der Waals surface area contributed by atoms with Crippen LogP contribution in [0.3, 0.4) is 0 Å². The first kappa shape index (κ1) is 15.1. The van der Waals surface area contributed by atoms with E-state index in [1.165, 1.54) is 6.07 Å². The van der Waals surface area contributed by atoms with Gasteiger partial charge < -0.3 is 16.0 Å². The van der Waals surface area contributed by atoms with Gasteiger partial charge in [-0.2, -0.15) is 5.11 Å². The zero-order valence-corrected chi connectivity index (χ0v) is 12.2. The van der Waals surface area contributed by atoms with E-state index in [1.807, 2.05) is 0 Å². The molecular formula is C14H15FN6O2. The molecule has 3 N–H and O–H groups in total. The summed E-state index contributed by atoms with van der Waals surface area (Å²) in [5, 5.41) is 13.6. The number of hydrogen-bond acceptors (Lipinski definition) is 6. The topological polar surface area (TPSA) is 113 Å². The van der Waals surface area contributed by atoms with E-state index < -0.39 is 17.8 Å². The summed E-state index contributed by atoms with van der Waals surface area (Å²) >= 11 is 0. The Labute approximate surface area is 131 Å². The van der Waals surface area contributed by atoms with Crippen molar-refractivity contribution in [3.8, 4) is 0 Å². The summed E-state index contributed by atoms with van der Waals surface area (Å²) in [6.45, 7) is 1.17. The molecule has 2 heterocycles. The highest BCUT2D eigenvalue weighted by Crippen LogP contribution is 2.23. The number of carbonyl (C=O) groups is 2. The molecular weight excluding hydrogens is 303 g/mol. The average Bonchev–Trinajstić information content (AvgIpc) is 2.95. The molecule has 3 rings (SSSR count). The van der Waals surface area contributed by atoms with Crippen molar-refractivity contribution < 1.29 is 14.0 Å². The van der Waals surface area contributed by atoms with E-state index >= 15 is 0 Å². The Bertz CT molecular complexity index is 717. The summed E-state index contributed by atoms with van der Waals surface area (Å²) in [7, 11) is 0. The van der Waals surface area contributed by atoms with Crippen LogP contribution in [0.2, 0.25) is 0 Å². The third kappa shape index (κ3) is 3.17. The van der Waals surface area contributed by atoms with E-state index in [-0.39, 0.29) is 24.6 Å². The van der Waals surface area contributed by atoms with Gasteiger partial charge in [0, 0.05) is 19.5 Å². The lowest BCUT2D eigenvalue weighted by Crippen LogP contribution is -2.48. The van der Waals surface area contributed by atoms with Gasteiger partial charge in [0.25, 0.3) is 5.91 Å². The minimum atomic E-state index is -0.684. The van der Waals surface area contributed by atoms with E-state index in [0.29, 0.717) is 24.3 Å². The molecule has 0 radical (unpaired) electrons. The largest absolute Gasteiger partial charge is 0.364 e. The Kier molecular flexibility index (Phi) is 4.00. The van der Waals surface area contributed by atoms with Crippen LogP contribution in [0.5, 0.6) is 0 Å². The van der Waals surface area contributed by atoms with Gasteiger partial charge in [0.1, 0.15) is 11.9 Å². The number of halogens is 1. The third-order valence-electron chi connectivity index (χ3n) is 3.73. The zero-order chi connectivity index (χ0) is 16.4. The second-order valence-corrected chi connectivity index (χ2v) is 5.33. The van der Waals surface area contributed by atoms with Crippen molar-refractivity contribution in [3.63, 3.8) is 0 Å². The Morgan fingerprint density at radius 1 is 1.48 bits per heavy atom. The van der Waals surface area contributed by atoms with E-state index in [4.69, 9.17) is 5.73 Å². The molecule has 1 atom stereocenters. The number of benzene rings is 1. The van der Waals surface area contributed by atoms with Gasteiger partial charge in [-0.1, -0.05) is 6.07 Å². The van der Waals surface area contributed by atoms with Gasteiger partial charge in [-0.25, -0.2) is 4.39 Å². The molecule has 0 aliphatic carbocycles. The normalized spacial score (nSPS) is 20.4.